The van der Waals surface area contributed by atoms with E-state index in [9.17, 15) is 14.3 Å². The predicted octanol–water partition coefficient (Wildman–Crippen LogP) is 8.13. The summed E-state index contributed by atoms with van der Waals surface area (Å²) in [6.07, 6.45) is 5.82. The highest BCUT2D eigenvalue weighted by molar-refractivity contribution is 6.31. The van der Waals surface area contributed by atoms with Crippen molar-refractivity contribution in [2.45, 2.75) is 44.8 Å². The average molecular weight is 623 g/mol. The molecule has 1 aliphatic rings. The van der Waals surface area contributed by atoms with Crippen LogP contribution < -0.4 is 4.74 Å². The number of carboxylic acid groups (broad SMARTS) is 1. The maximum Gasteiger partial charge on any atom is 0.335 e. The molecule has 2 heterocycles. The van der Waals surface area contributed by atoms with E-state index in [0.717, 1.165) is 40.8 Å². The second-order valence-electron chi connectivity index (χ2n) is 11.2. The number of hydrogen-bond acceptors (Lipinski definition) is 6. The van der Waals surface area contributed by atoms with Crippen molar-refractivity contribution in [2.24, 2.45) is 0 Å². The molecule has 9 nitrogen and oxygen atoms in total. The van der Waals surface area contributed by atoms with E-state index in [-0.39, 0.29) is 17.2 Å². The minimum Gasteiger partial charge on any atom is -0.489 e. The third-order valence-corrected chi connectivity index (χ3v) is 8.61. The molecule has 0 saturated heterocycles. The van der Waals surface area contributed by atoms with Crippen molar-refractivity contribution in [3.63, 3.8) is 0 Å². The van der Waals surface area contributed by atoms with E-state index in [1.54, 1.807) is 18.2 Å². The summed E-state index contributed by atoms with van der Waals surface area (Å²) in [4.78, 5) is 16.8. The van der Waals surface area contributed by atoms with Crippen LogP contribution in [-0.4, -0.2) is 41.3 Å². The summed E-state index contributed by atoms with van der Waals surface area (Å²) in [5, 5.41) is 24.0. The molecule has 0 unspecified atom stereocenters. The van der Waals surface area contributed by atoms with Gasteiger partial charge in [-0.3, -0.25) is 0 Å². The van der Waals surface area contributed by atoms with Gasteiger partial charge < -0.3 is 14.4 Å². The molecular formula is C34H28ClFN6O3. The zero-order valence-electron chi connectivity index (χ0n) is 24.1. The number of aromatic carboxylic acids is 1. The maximum atomic E-state index is 13.8. The number of imidazole rings is 1. The number of tetrazole rings is 1. The van der Waals surface area contributed by atoms with Gasteiger partial charge in [0.1, 0.15) is 24.0 Å². The number of H-pyrrole nitrogens is 1. The first kappa shape index (κ1) is 28.7. The summed E-state index contributed by atoms with van der Waals surface area (Å²) in [6, 6.07) is 23.4. The fraction of sp³-hybridized carbons (Fsp3) is 0.206. The Kier molecular flexibility index (Phi) is 7.72. The van der Waals surface area contributed by atoms with Crippen molar-refractivity contribution in [3.8, 4) is 39.7 Å². The molecule has 11 heteroatoms. The van der Waals surface area contributed by atoms with Crippen LogP contribution in [-0.2, 0) is 6.61 Å². The first-order valence-electron chi connectivity index (χ1n) is 14.8. The van der Waals surface area contributed by atoms with Gasteiger partial charge in [-0.1, -0.05) is 43.0 Å². The molecule has 1 fully saturated rings. The van der Waals surface area contributed by atoms with E-state index in [2.05, 4.69) is 31.3 Å². The maximum absolute atomic E-state index is 13.8. The van der Waals surface area contributed by atoms with Gasteiger partial charge in [-0.05, 0) is 101 Å². The van der Waals surface area contributed by atoms with Crippen LogP contribution in [0.15, 0.2) is 78.9 Å². The van der Waals surface area contributed by atoms with Crippen molar-refractivity contribution in [3.05, 3.63) is 101 Å². The van der Waals surface area contributed by atoms with E-state index in [1.807, 2.05) is 36.4 Å². The Balaban J connectivity index is 1.19. The lowest BCUT2D eigenvalue weighted by Gasteiger charge is -2.25. The highest BCUT2D eigenvalue weighted by Crippen LogP contribution is 2.37. The number of rotatable bonds is 8. The zero-order chi connectivity index (χ0) is 30.9. The molecule has 1 saturated carbocycles. The summed E-state index contributed by atoms with van der Waals surface area (Å²) in [5.74, 6) is 0.451. The van der Waals surface area contributed by atoms with E-state index in [1.165, 1.54) is 37.5 Å². The number of benzene rings is 4. The molecular weight excluding hydrogens is 595 g/mol. The van der Waals surface area contributed by atoms with E-state index >= 15 is 0 Å². The highest BCUT2D eigenvalue weighted by atomic mass is 35.5. The third kappa shape index (κ3) is 5.76. The molecule has 0 aliphatic heterocycles. The fourth-order valence-electron chi connectivity index (χ4n) is 6.09. The third-order valence-electron chi connectivity index (χ3n) is 8.32. The van der Waals surface area contributed by atoms with Crippen LogP contribution >= 0.6 is 11.6 Å². The van der Waals surface area contributed by atoms with Gasteiger partial charge in [-0.15, -0.1) is 10.2 Å². The molecule has 2 N–H and O–H groups in total. The van der Waals surface area contributed by atoms with E-state index in [4.69, 9.17) is 21.3 Å². The van der Waals surface area contributed by atoms with Crippen molar-refractivity contribution in [2.75, 3.05) is 0 Å². The Morgan fingerprint density at radius 3 is 2.47 bits per heavy atom. The molecule has 0 radical (unpaired) electrons. The summed E-state index contributed by atoms with van der Waals surface area (Å²) in [5.41, 5.74) is 5.87. The molecule has 7 rings (SSSR count). The minimum absolute atomic E-state index is 0.0115. The van der Waals surface area contributed by atoms with Gasteiger partial charge in [0.2, 0.25) is 5.82 Å². The van der Waals surface area contributed by atoms with Crippen molar-refractivity contribution >= 4 is 28.6 Å². The van der Waals surface area contributed by atoms with Crippen LogP contribution in [0.5, 0.6) is 5.75 Å². The molecule has 6 aromatic rings. The Hall–Kier alpha value is -5.09. The van der Waals surface area contributed by atoms with Gasteiger partial charge in [-0.2, -0.15) is 5.21 Å². The molecule has 1 aliphatic carbocycles. The topological polar surface area (TPSA) is 119 Å². The quantitative estimate of drug-likeness (QED) is 0.176. The number of nitrogens with zero attached hydrogens (tertiary/aromatic N) is 5. The smallest absolute Gasteiger partial charge is 0.335 e. The van der Waals surface area contributed by atoms with Crippen LogP contribution in [0.25, 0.3) is 44.9 Å². The SMILES string of the molecule is O=C(O)c1ccc(-c2ccc(F)c(Cl)c2)c(COc2ccc(-c3nc4cc(-c5nn[nH]n5)ccc4n3C3CCCCC3)cc2)c1. The number of ether oxygens (including phenoxy) is 1. The summed E-state index contributed by atoms with van der Waals surface area (Å²) in [6.45, 7) is 0.101. The second kappa shape index (κ2) is 12.1. The number of aromatic amines is 1. The largest absolute Gasteiger partial charge is 0.489 e. The van der Waals surface area contributed by atoms with Crippen LogP contribution in [0.1, 0.15) is 54.1 Å². The minimum atomic E-state index is -1.05. The Labute approximate surface area is 262 Å². The number of carboxylic acids is 1. The van der Waals surface area contributed by atoms with Crippen molar-refractivity contribution in [1.29, 1.82) is 0 Å². The standard InChI is InChI=1S/C34H28ClFN6O3/c35-28-17-21(9-14-29(28)36)27-13-8-23(34(43)44)16-24(27)19-45-26-11-6-20(7-12-26)33-37-30-18-22(32-38-40-41-39-32)10-15-31(30)42(33)25-4-2-1-3-5-25/h6-18,25H,1-5,19H2,(H,43,44)(H,38,39,40,41). The van der Waals surface area contributed by atoms with Gasteiger partial charge in [0, 0.05) is 17.2 Å². The first-order chi connectivity index (χ1) is 21.9. The molecule has 0 spiro atoms. The molecule has 226 valence electrons. The van der Waals surface area contributed by atoms with Gasteiger partial charge in [-0.25, -0.2) is 14.2 Å². The summed E-state index contributed by atoms with van der Waals surface area (Å²) < 4.78 is 22.3. The second-order valence-corrected chi connectivity index (χ2v) is 11.6. The van der Waals surface area contributed by atoms with Crippen LogP contribution in [0.4, 0.5) is 4.39 Å². The molecule has 0 amide bonds. The van der Waals surface area contributed by atoms with E-state index in [0.29, 0.717) is 34.3 Å². The lowest BCUT2D eigenvalue weighted by Crippen LogP contribution is -2.14. The normalized spacial score (nSPS) is 13.7. The number of aromatic nitrogens is 6. The Bertz CT molecular complexity index is 2000. The number of fused-ring (bicyclic) bond motifs is 1. The number of halogens is 2. The number of nitrogens with one attached hydrogen (secondary N) is 1. The van der Waals surface area contributed by atoms with Crippen molar-refractivity contribution in [1.82, 2.24) is 30.2 Å². The van der Waals surface area contributed by atoms with Crippen molar-refractivity contribution < 1.29 is 19.0 Å². The summed E-state index contributed by atoms with van der Waals surface area (Å²) >= 11 is 6.04. The van der Waals surface area contributed by atoms with Gasteiger partial charge >= 0.3 is 5.97 Å². The van der Waals surface area contributed by atoms with Gasteiger partial charge in [0.15, 0.2) is 0 Å². The molecule has 0 atom stereocenters. The molecule has 4 aromatic carbocycles. The Morgan fingerprint density at radius 1 is 0.956 bits per heavy atom. The van der Waals surface area contributed by atoms with Crippen LogP contribution in [0.2, 0.25) is 5.02 Å². The number of hydrogen-bond donors (Lipinski definition) is 2. The number of carbonyl (C=O) groups is 1. The van der Waals surface area contributed by atoms with E-state index < -0.39 is 11.8 Å². The lowest BCUT2D eigenvalue weighted by atomic mass is 9.95. The highest BCUT2D eigenvalue weighted by Gasteiger charge is 2.23. The average Bonchev–Trinajstić information content (AvgIpc) is 3.74. The molecule has 45 heavy (non-hydrogen) atoms. The van der Waals surface area contributed by atoms with Crippen LogP contribution in [0.3, 0.4) is 0 Å². The zero-order valence-corrected chi connectivity index (χ0v) is 24.8. The monoisotopic (exact) mass is 622 g/mol. The summed E-state index contributed by atoms with van der Waals surface area (Å²) in [7, 11) is 0. The lowest BCUT2D eigenvalue weighted by molar-refractivity contribution is 0.0696. The first-order valence-corrected chi connectivity index (χ1v) is 15.1. The van der Waals surface area contributed by atoms with Crippen LogP contribution in [0, 0.1) is 5.82 Å². The Morgan fingerprint density at radius 2 is 1.73 bits per heavy atom. The predicted molar refractivity (Wildman–Crippen MR) is 169 cm³/mol. The fourth-order valence-corrected chi connectivity index (χ4v) is 6.27. The molecule has 2 aromatic heterocycles. The van der Waals surface area contributed by atoms with Gasteiger partial charge in [0.25, 0.3) is 0 Å². The molecule has 0 bridgehead atoms. The van der Waals surface area contributed by atoms with Gasteiger partial charge in [0.05, 0.1) is 21.6 Å².